The molecule has 6 amide bonds. The molecule has 2 rings (SSSR count). The number of carbonyl (C=O) groups excluding carboxylic acids is 4. The maximum absolute atomic E-state index is 12.5. The molecule has 2 saturated heterocycles. The molecule has 2 fully saturated rings. The Morgan fingerprint density at radius 1 is 0.649 bits per heavy atom. The summed E-state index contributed by atoms with van der Waals surface area (Å²) in [5.41, 5.74) is -1.19. The van der Waals surface area contributed by atoms with Crippen molar-refractivity contribution in [3.8, 4) is 0 Å². The lowest BCUT2D eigenvalue weighted by molar-refractivity contribution is -0.130. The molecule has 2 atom stereocenters. The van der Waals surface area contributed by atoms with Gasteiger partial charge in [0.1, 0.15) is 13.1 Å². The highest BCUT2D eigenvalue weighted by molar-refractivity contribution is 6.03. The zero-order chi connectivity index (χ0) is 28.0. The van der Waals surface area contributed by atoms with Gasteiger partial charge in [0.25, 0.3) is 11.8 Å². The first kappa shape index (κ1) is 31.0. The fourth-order valence-electron chi connectivity index (χ4n) is 5.43. The molecule has 0 spiro atoms. The van der Waals surface area contributed by atoms with Crippen LogP contribution in [0, 0.1) is 0 Å². The van der Waals surface area contributed by atoms with Gasteiger partial charge in [0, 0.05) is 24.2 Å². The second kappa shape index (κ2) is 13.0. The first-order valence-corrected chi connectivity index (χ1v) is 13.8. The maximum atomic E-state index is 12.5. The Bertz CT molecular complexity index is 764. The summed E-state index contributed by atoms with van der Waals surface area (Å²) in [7, 11) is 0. The highest BCUT2D eigenvalue weighted by Crippen LogP contribution is 2.29. The number of rotatable bonds is 16. The minimum Gasteiger partial charge on any atom is -0.393 e. The van der Waals surface area contributed by atoms with Gasteiger partial charge < -0.3 is 20.0 Å². The Balaban J connectivity index is 1.64. The molecule has 10 heteroatoms. The van der Waals surface area contributed by atoms with Crippen LogP contribution in [0.1, 0.15) is 99.3 Å². The molecular weight excluding hydrogens is 476 g/mol. The molecule has 2 aliphatic rings. The van der Waals surface area contributed by atoms with E-state index in [1.807, 2.05) is 41.5 Å². The van der Waals surface area contributed by atoms with E-state index in [4.69, 9.17) is 0 Å². The van der Waals surface area contributed by atoms with Gasteiger partial charge in [0.2, 0.25) is 0 Å². The lowest BCUT2D eigenvalue weighted by Crippen LogP contribution is -2.48. The van der Waals surface area contributed by atoms with Crippen molar-refractivity contribution in [3.05, 3.63) is 0 Å². The predicted octanol–water partition coefficient (Wildman–Crippen LogP) is 3.34. The number of urea groups is 2. The molecular formula is C27H48N4O6. The Labute approximate surface area is 221 Å². The van der Waals surface area contributed by atoms with Crippen LogP contribution in [-0.4, -0.2) is 103 Å². The van der Waals surface area contributed by atoms with Gasteiger partial charge >= 0.3 is 12.1 Å². The third kappa shape index (κ3) is 7.89. The van der Waals surface area contributed by atoms with Crippen molar-refractivity contribution in [2.45, 2.75) is 123 Å². The van der Waals surface area contributed by atoms with Crippen molar-refractivity contribution in [2.75, 3.05) is 26.2 Å². The molecule has 2 N–H and O–H groups in total. The van der Waals surface area contributed by atoms with Gasteiger partial charge in [0.05, 0.1) is 12.2 Å². The average molecular weight is 525 g/mol. The summed E-state index contributed by atoms with van der Waals surface area (Å²) in [6.45, 7) is 12.6. The van der Waals surface area contributed by atoms with Gasteiger partial charge in [-0.1, -0.05) is 0 Å². The van der Waals surface area contributed by atoms with Crippen molar-refractivity contribution in [1.29, 1.82) is 0 Å². The molecule has 2 aliphatic heterocycles. The van der Waals surface area contributed by atoms with Crippen LogP contribution in [0.3, 0.4) is 0 Å². The molecule has 0 radical (unpaired) electrons. The number of imide groups is 2. The largest absolute Gasteiger partial charge is 0.393 e. The topological polar surface area (TPSA) is 122 Å². The summed E-state index contributed by atoms with van der Waals surface area (Å²) in [6, 6.07) is -0.478. The minimum absolute atomic E-state index is 0.132. The number of aliphatic hydroxyl groups is 2. The number of hydrogen-bond acceptors (Lipinski definition) is 6. The van der Waals surface area contributed by atoms with E-state index in [-0.39, 0.29) is 37.0 Å². The number of nitrogens with zero attached hydrogens (tertiary/aromatic N) is 4. The van der Waals surface area contributed by atoms with E-state index in [1.165, 1.54) is 19.6 Å². The van der Waals surface area contributed by atoms with E-state index < -0.39 is 23.3 Å². The van der Waals surface area contributed by atoms with E-state index in [9.17, 15) is 29.4 Å². The SMILES string of the molecule is CCN1CC(=O)N(C(C)(C)CCCC(O)CCCC(O)CCCC(C)(C)N2C(=O)CN(CC)C2=O)C1=O. The summed E-state index contributed by atoms with van der Waals surface area (Å²) < 4.78 is 0. The van der Waals surface area contributed by atoms with Crippen LogP contribution >= 0.6 is 0 Å². The monoisotopic (exact) mass is 524 g/mol. The second-order valence-corrected chi connectivity index (χ2v) is 11.7. The Hall–Kier alpha value is -2.20. The highest BCUT2D eigenvalue weighted by Gasteiger charge is 2.44. The first-order chi connectivity index (χ1) is 17.2. The van der Waals surface area contributed by atoms with E-state index in [0.29, 0.717) is 70.9 Å². The molecule has 0 aromatic heterocycles. The summed E-state index contributed by atoms with van der Waals surface area (Å²) >= 11 is 0. The minimum atomic E-state index is -0.596. The number of likely N-dealkylation sites (N-methyl/N-ethyl adjacent to an activating group) is 2. The molecule has 212 valence electrons. The standard InChI is InChI=1S/C27H48N4O6/c1-7-28-18-22(34)30(24(28)36)26(3,4)16-10-14-20(32)12-9-13-21(33)15-11-17-27(5,6)31-23(35)19-29(8-2)25(31)37/h20-21,32-33H,7-19H2,1-6H3. The predicted molar refractivity (Wildman–Crippen MR) is 141 cm³/mol. The van der Waals surface area contributed by atoms with Gasteiger partial charge in [-0.15, -0.1) is 0 Å². The Morgan fingerprint density at radius 3 is 1.27 bits per heavy atom. The van der Waals surface area contributed by atoms with Crippen molar-refractivity contribution in [2.24, 2.45) is 0 Å². The third-order valence-corrected chi connectivity index (χ3v) is 7.78. The van der Waals surface area contributed by atoms with E-state index in [2.05, 4.69) is 0 Å². The number of amides is 6. The Kier molecular flexibility index (Phi) is 10.9. The first-order valence-electron chi connectivity index (χ1n) is 13.8. The molecule has 0 bridgehead atoms. The molecule has 2 heterocycles. The highest BCUT2D eigenvalue weighted by atomic mass is 16.3. The van der Waals surface area contributed by atoms with Gasteiger partial charge in [-0.3, -0.25) is 19.4 Å². The molecule has 0 aromatic carbocycles. The molecule has 2 unspecified atom stereocenters. The lowest BCUT2D eigenvalue weighted by atomic mass is 9.92. The van der Waals surface area contributed by atoms with Crippen LogP contribution in [0.25, 0.3) is 0 Å². The smallest absolute Gasteiger partial charge is 0.327 e. The summed E-state index contributed by atoms with van der Waals surface area (Å²) in [4.78, 5) is 55.4. The molecule has 37 heavy (non-hydrogen) atoms. The normalized spacial score (nSPS) is 19.0. The maximum Gasteiger partial charge on any atom is 0.327 e. The molecule has 0 aliphatic carbocycles. The van der Waals surface area contributed by atoms with Crippen molar-refractivity contribution in [1.82, 2.24) is 19.6 Å². The van der Waals surface area contributed by atoms with Crippen LogP contribution in [0.5, 0.6) is 0 Å². The number of aliphatic hydroxyl groups excluding tert-OH is 2. The third-order valence-electron chi connectivity index (χ3n) is 7.78. The number of carbonyl (C=O) groups is 4. The second-order valence-electron chi connectivity index (χ2n) is 11.7. The van der Waals surface area contributed by atoms with Crippen LogP contribution < -0.4 is 0 Å². The fourth-order valence-corrected chi connectivity index (χ4v) is 5.43. The zero-order valence-electron chi connectivity index (χ0n) is 23.7. The van der Waals surface area contributed by atoms with Crippen LogP contribution in [0.4, 0.5) is 9.59 Å². The number of hydrogen-bond donors (Lipinski definition) is 2. The molecule has 0 saturated carbocycles. The van der Waals surface area contributed by atoms with E-state index >= 15 is 0 Å². The van der Waals surface area contributed by atoms with Crippen molar-refractivity contribution >= 4 is 23.9 Å². The average Bonchev–Trinajstić information content (AvgIpc) is 3.27. The Morgan fingerprint density at radius 2 is 0.973 bits per heavy atom. The fraction of sp³-hybridized carbons (Fsp3) is 0.852. The lowest BCUT2D eigenvalue weighted by Gasteiger charge is -2.34. The van der Waals surface area contributed by atoms with Crippen LogP contribution in [0.2, 0.25) is 0 Å². The zero-order valence-corrected chi connectivity index (χ0v) is 23.7. The summed E-state index contributed by atoms with van der Waals surface area (Å²) in [6.07, 6.45) is 4.65. The quantitative estimate of drug-likeness (QED) is 0.299. The van der Waals surface area contributed by atoms with Gasteiger partial charge in [-0.25, -0.2) is 9.59 Å². The van der Waals surface area contributed by atoms with Crippen molar-refractivity contribution < 1.29 is 29.4 Å². The van der Waals surface area contributed by atoms with E-state index in [1.54, 1.807) is 0 Å². The molecule has 0 aromatic rings. The van der Waals surface area contributed by atoms with Crippen LogP contribution in [-0.2, 0) is 9.59 Å². The van der Waals surface area contributed by atoms with Crippen molar-refractivity contribution in [3.63, 3.8) is 0 Å². The molecule has 10 nitrogen and oxygen atoms in total. The van der Waals surface area contributed by atoms with Gasteiger partial charge in [-0.2, -0.15) is 0 Å². The summed E-state index contributed by atoms with van der Waals surface area (Å²) in [5.74, 6) is -0.340. The van der Waals surface area contributed by atoms with E-state index in [0.717, 1.165) is 0 Å². The summed E-state index contributed by atoms with van der Waals surface area (Å²) in [5, 5.41) is 20.8. The van der Waals surface area contributed by atoms with Crippen LogP contribution in [0.15, 0.2) is 0 Å². The van der Waals surface area contributed by atoms with Gasteiger partial charge in [0.15, 0.2) is 0 Å². The van der Waals surface area contributed by atoms with Gasteiger partial charge in [-0.05, 0) is 99.3 Å².